The number of hydrogen-bond acceptors (Lipinski definition) is 2. The van der Waals surface area contributed by atoms with Crippen LogP contribution in [0.4, 0.5) is 0 Å². The Hall–Kier alpha value is -3.67. The van der Waals surface area contributed by atoms with Crippen LogP contribution in [0.5, 0.6) is 0 Å². The van der Waals surface area contributed by atoms with E-state index in [0.29, 0.717) is 29.5 Å². The van der Waals surface area contributed by atoms with Gasteiger partial charge in [0.25, 0.3) is 0 Å². The van der Waals surface area contributed by atoms with Crippen molar-refractivity contribution in [1.82, 2.24) is 0 Å². The lowest BCUT2D eigenvalue weighted by molar-refractivity contribution is -0.116. The summed E-state index contributed by atoms with van der Waals surface area (Å²) in [6.07, 6.45) is 15.7. The average Bonchev–Trinajstić information content (AvgIpc) is 3.30. The molecule has 0 amide bonds. The van der Waals surface area contributed by atoms with E-state index in [4.69, 9.17) is 6.42 Å². The molecule has 0 saturated heterocycles. The number of terminal acetylenes is 1. The molecule has 5 aromatic rings. The molecule has 6 atom stereocenters. The van der Waals surface area contributed by atoms with Gasteiger partial charge in [-0.3, -0.25) is 4.79 Å². The first-order chi connectivity index (χ1) is 20.4. The number of ketones is 1. The van der Waals surface area contributed by atoms with Crippen LogP contribution in [0.25, 0.3) is 43.1 Å². The third-order valence-electron chi connectivity index (χ3n) is 12.1. The van der Waals surface area contributed by atoms with E-state index in [1.165, 1.54) is 55.1 Å². The van der Waals surface area contributed by atoms with Crippen molar-refractivity contribution in [2.75, 3.05) is 0 Å². The number of aliphatic hydroxyl groups is 1. The number of carbonyl (C=O) groups excluding carboxylic acids is 1. The van der Waals surface area contributed by atoms with Crippen molar-refractivity contribution in [2.24, 2.45) is 29.1 Å². The van der Waals surface area contributed by atoms with Crippen molar-refractivity contribution in [3.63, 3.8) is 0 Å². The molecule has 1 N–H and O–H groups in total. The van der Waals surface area contributed by atoms with Crippen LogP contribution in [0.15, 0.2) is 84.4 Å². The lowest BCUT2D eigenvalue weighted by Gasteiger charge is -2.54. The summed E-state index contributed by atoms with van der Waals surface area (Å²) in [5.41, 5.74) is 0.418. The van der Waals surface area contributed by atoms with Gasteiger partial charge in [0.05, 0.1) is 0 Å². The highest BCUT2D eigenvalue weighted by Gasteiger charge is 2.61. The third-order valence-corrected chi connectivity index (χ3v) is 12.1. The normalized spacial score (nSPS) is 32.1. The number of rotatable bonds is 0. The minimum absolute atomic E-state index is 0.103. The van der Waals surface area contributed by atoms with Crippen molar-refractivity contribution in [3.8, 4) is 12.3 Å². The third kappa shape index (κ3) is 3.66. The Morgan fingerprint density at radius 2 is 1.52 bits per heavy atom. The standard InChI is InChI=1S/C20H26O2.C20H12/c1-3-20(22)11-9-18-17-6-4-13-12-14(21)5-7-15(13)16(17)8-10-19(18,20)2;1-2-7-17-15(4-1)12-16-9-8-13-5-3-6-14-10-11-18(17)20(16)19(13)14/h1,12,15-18,22H,4-11H2,2H3;1-12H. The van der Waals surface area contributed by atoms with E-state index in [9.17, 15) is 9.90 Å². The number of allylic oxidation sites excluding steroid dienone is 1. The maximum atomic E-state index is 11.7. The van der Waals surface area contributed by atoms with Crippen LogP contribution in [0.1, 0.15) is 58.3 Å². The topological polar surface area (TPSA) is 37.3 Å². The summed E-state index contributed by atoms with van der Waals surface area (Å²) in [7, 11) is 0. The van der Waals surface area contributed by atoms with E-state index in [2.05, 4.69) is 85.6 Å². The van der Waals surface area contributed by atoms with Crippen LogP contribution in [0, 0.1) is 41.4 Å². The number of carbonyl (C=O) groups is 1. The number of fused-ring (bicyclic) bond motifs is 7. The fourth-order valence-electron chi connectivity index (χ4n) is 9.92. The SMILES string of the molecule is C#CC1(O)CCC2C3CCC4=CC(=O)CCC4C3CCC21C.c1ccc2c(c1)cc1ccc3cccc4ccc2c1c34. The Bertz CT molecular complexity index is 1920. The Kier molecular flexibility index (Phi) is 5.83. The van der Waals surface area contributed by atoms with E-state index in [1.54, 1.807) is 0 Å². The molecule has 2 heteroatoms. The summed E-state index contributed by atoms with van der Waals surface area (Å²) in [5, 5.41) is 21.7. The van der Waals surface area contributed by atoms with Crippen LogP contribution in [-0.2, 0) is 4.79 Å². The minimum atomic E-state index is -0.902. The van der Waals surface area contributed by atoms with E-state index >= 15 is 0 Å². The molecule has 0 heterocycles. The first kappa shape index (κ1) is 26.0. The molecular formula is C40H38O2. The van der Waals surface area contributed by atoms with E-state index < -0.39 is 5.60 Å². The van der Waals surface area contributed by atoms with Crippen molar-refractivity contribution < 1.29 is 9.90 Å². The van der Waals surface area contributed by atoms with Crippen LogP contribution in [0.3, 0.4) is 0 Å². The molecule has 2 nitrogen and oxygen atoms in total. The second-order valence-electron chi connectivity index (χ2n) is 13.8. The van der Waals surface area contributed by atoms with Gasteiger partial charge in [-0.05, 0) is 124 Å². The van der Waals surface area contributed by atoms with Crippen LogP contribution in [0.2, 0.25) is 0 Å². The Morgan fingerprint density at radius 3 is 2.36 bits per heavy atom. The monoisotopic (exact) mass is 550 g/mol. The summed E-state index contributed by atoms with van der Waals surface area (Å²) in [6, 6.07) is 26.5. The van der Waals surface area contributed by atoms with E-state index in [1.807, 2.05) is 6.08 Å². The zero-order valence-electron chi connectivity index (χ0n) is 24.4. The molecule has 0 spiro atoms. The number of benzene rings is 5. The van der Waals surface area contributed by atoms with Crippen molar-refractivity contribution in [2.45, 2.75) is 63.9 Å². The van der Waals surface area contributed by atoms with Gasteiger partial charge in [-0.15, -0.1) is 6.42 Å². The summed E-state index contributed by atoms with van der Waals surface area (Å²) in [6.45, 7) is 2.23. The maximum absolute atomic E-state index is 11.7. The second kappa shape index (κ2) is 9.42. The smallest absolute Gasteiger partial charge is 0.155 e. The van der Waals surface area contributed by atoms with Gasteiger partial charge >= 0.3 is 0 Å². The Labute approximate surface area is 248 Å². The largest absolute Gasteiger partial charge is 0.377 e. The van der Waals surface area contributed by atoms with Crippen molar-refractivity contribution >= 4 is 48.9 Å². The predicted molar refractivity (Wildman–Crippen MR) is 174 cm³/mol. The molecule has 0 aliphatic heterocycles. The Balaban J connectivity index is 0.000000127. The fourth-order valence-corrected chi connectivity index (χ4v) is 9.92. The van der Waals surface area contributed by atoms with Gasteiger partial charge in [0.2, 0.25) is 0 Å². The molecule has 4 aliphatic carbocycles. The molecule has 3 fully saturated rings. The molecule has 9 rings (SSSR count). The highest BCUT2D eigenvalue weighted by Crippen LogP contribution is 2.64. The zero-order chi connectivity index (χ0) is 28.6. The fraction of sp³-hybridized carbons (Fsp3) is 0.375. The predicted octanol–water partition coefficient (Wildman–Crippen LogP) is 9.23. The van der Waals surface area contributed by atoms with Crippen LogP contribution >= 0.6 is 0 Å². The molecule has 5 aromatic carbocycles. The van der Waals surface area contributed by atoms with Gasteiger partial charge in [-0.25, -0.2) is 0 Å². The van der Waals surface area contributed by atoms with Gasteiger partial charge in [-0.2, -0.15) is 0 Å². The zero-order valence-corrected chi connectivity index (χ0v) is 24.4. The van der Waals surface area contributed by atoms with Gasteiger partial charge in [0.15, 0.2) is 5.78 Å². The lowest BCUT2D eigenvalue weighted by Crippen LogP contribution is -2.52. The van der Waals surface area contributed by atoms with Gasteiger partial charge < -0.3 is 5.11 Å². The van der Waals surface area contributed by atoms with Crippen molar-refractivity contribution in [1.29, 1.82) is 0 Å². The molecular weight excluding hydrogens is 512 g/mol. The van der Waals surface area contributed by atoms with Gasteiger partial charge in [0.1, 0.15) is 5.60 Å². The van der Waals surface area contributed by atoms with E-state index in [0.717, 1.165) is 44.9 Å². The molecule has 6 unspecified atom stereocenters. The summed E-state index contributed by atoms with van der Waals surface area (Å²) in [5.74, 6) is 5.66. The summed E-state index contributed by atoms with van der Waals surface area (Å²) < 4.78 is 0. The highest BCUT2D eigenvalue weighted by molar-refractivity contribution is 6.28. The first-order valence-electron chi connectivity index (χ1n) is 15.9. The lowest BCUT2D eigenvalue weighted by atomic mass is 9.50. The van der Waals surface area contributed by atoms with Crippen molar-refractivity contribution in [3.05, 3.63) is 84.4 Å². The minimum Gasteiger partial charge on any atom is -0.377 e. The van der Waals surface area contributed by atoms with Crippen LogP contribution < -0.4 is 0 Å². The molecule has 0 radical (unpaired) electrons. The summed E-state index contributed by atoms with van der Waals surface area (Å²) in [4.78, 5) is 11.7. The average molecular weight is 551 g/mol. The molecule has 210 valence electrons. The molecule has 42 heavy (non-hydrogen) atoms. The van der Waals surface area contributed by atoms with Gasteiger partial charge in [-0.1, -0.05) is 85.1 Å². The number of hydrogen-bond donors (Lipinski definition) is 1. The van der Waals surface area contributed by atoms with Gasteiger partial charge in [0, 0.05) is 11.8 Å². The molecule has 0 bridgehead atoms. The molecule has 0 aromatic heterocycles. The quantitative estimate of drug-likeness (QED) is 0.119. The second-order valence-corrected chi connectivity index (χ2v) is 13.8. The van der Waals surface area contributed by atoms with Crippen LogP contribution in [-0.4, -0.2) is 16.5 Å². The van der Waals surface area contributed by atoms with E-state index in [-0.39, 0.29) is 5.41 Å². The molecule has 3 saturated carbocycles. The summed E-state index contributed by atoms with van der Waals surface area (Å²) >= 11 is 0. The highest BCUT2D eigenvalue weighted by atomic mass is 16.3. The Morgan fingerprint density at radius 1 is 0.762 bits per heavy atom. The first-order valence-corrected chi connectivity index (χ1v) is 15.9. The molecule has 4 aliphatic rings. The maximum Gasteiger partial charge on any atom is 0.155 e.